The Hall–Kier alpha value is -3.02. The van der Waals surface area contributed by atoms with E-state index in [9.17, 15) is 9.59 Å². The van der Waals surface area contributed by atoms with E-state index in [0.29, 0.717) is 29.0 Å². The largest absolute Gasteiger partial charge is 0.311 e. The number of nitrogens with zero attached hydrogens (tertiary/aromatic N) is 3. The average molecular weight is 348 g/mol. The van der Waals surface area contributed by atoms with Gasteiger partial charge in [0.1, 0.15) is 11.6 Å². The Morgan fingerprint density at radius 3 is 2.77 bits per heavy atom. The van der Waals surface area contributed by atoms with Crippen LogP contribution in [0.15, 0.2) is 47.4 Å². The van der Waals surface area contributed by atoms with Crippen molar-refractivity contribution in [2.45, 2.75) is 38.6 Å². The van der Waals surface area contributed by atoms with Gasteiger partial charge in [-0.25, -0.2) is 9.97 Å². The van der Waals surface area contributed by atoms with Crippen LogP contribution in [0.5, 0.6) is 0 Å². The molecule has 1 N–H and O–H groups in total. The molecule has 0 unspecified atom stereocenters. The van der Waals surface area contributed by atoms with E-state index in [0.717, 1.165) is 18.4 Å². The Labute approximate surface area is 150 Å². The molecule has 0 aliphatic heterocycles. The van der Waals surface area contributed by atoms with Gasteiger partial charge in [-0.05, 0) is 43.5 Å². The molecule has 6 heteroatoms. The Morgan fingerprint density at radius 2 is 2.04 bits per heavy atom. The maximum atomic E-state index is 12.8. The van der Waals surface area contributed by atoms with Gasteiger partial charge in [0.2, 0.25) is 5.91 Å². The summed E-state index contributed by atoms with van der Waals surface area (Å²) in [5.41, 5.74) is 1.72. The van der Waals surface area contributed by atoms with Crippen LogP contribution in [0.2, 0.25) is 0 Å². The molecule has 2 heterocycles. The molecule has 1 aliphatic carbocycles. The Morgan fingerprint density at radius 1 is 1.23 bits per heavy atom. The minimum Gasteiger partial charge on any atom is -0.311 e. The zero-order chi connectivity index (χ0) is 18.1. The highest BCUT2D eigenvalue weighted by molar-refractivity contribution is 5.89. The van der Waals surface area contributed by atoms with Crippen LogP contribution in [-0.4, -0.2) is 20.4 Å². The lowest BCUT2D eigenvalue weighted by Crippen LogP contribution is -2.25. The lowest BCUT2D eigenvalue weighted by molar-refractivity contribution is -0.116. The number of carbonyl (C=O) groups is 1. The van der Waals surface area contributed by atoms with Gasteiger partial charge in [-0.3, -0.25) is 14.2 Å². The highest BCUT2D eigenvalue weighted by Gasteiger charge is 2.28. The number of pyridine rings is 1. The van der Waals surface area contributed by atoms with Crippen molar-refractivity contribution < 1.29 is 4.79 Å². The minimum absolute atomic E-state index is 0.00582. The molecular weight excluding hydrogens is 328 g/mol. The van der Waals surface area contributed by atoms with Crippen molar-refractivity contribution in [1.82, 2.24) is 14.5 Å². The SMILES string of the molecule is Cc1ccc(NC(=O)CCc2nc3ccccc3c(=O)n2C2CC2)nc1. The second-order valence-corrected chi connectivity index (χ2v) is 6.72. The monoisotopic (exact) mass is 348 g/mol. The first kappa shape index (κ1) is 16.4. The predicted molar refractivity (Wildman–Crippen MR) is 100 cm³/mol. The molecule has 1 aliphatic rings. The van der Waals surface area contributed by atoms with Crippen LogP contribution in [0, 0.1) is 6.92 Å². The number of carbonyl (C=O) groups excluding carboxylic acids is 1. The number of rotatable bonds is 5. The summed E-state index contributed by atoms with van der Waals surface area (Å²) in [6.07, 6.45) is 4.38. The van der Waals surface area contributed by atoms with Gasteiger partial charge in [0, 0.05) is 25.1 Å². The smallest absolute Gasteiger partial charge is 0.261 e. The quantitative estimate of drug-likeness (QED) is 0.769. The second kappa shape index (κ2) is 6.71. The van der Waals surface area contributed by atoms with E-state index >= 15 is 0 Å². The highest BCUT2D eigenvalue weighted by Crippen LogP contribution is 2.34. The topological polar surface area (TPSA) is 76.9 Å². The van der Waals surface area contributed by atoms with Crippen LogP contribution in [0.1, 0.15) is 36.7 Å². The Bertz CT molecular complexity index is 1020. The van der Waals surface area contributed by atoms with Crippen molar-refractivity contribution >= 4 is 22.6 Å². The number of aromatic nitrogens is 3. The second-order valence-electron chi connectivity index (χ2n) is 6.72. The normalized spacial score (nSPS) is 13.7. The fourth-order valence-corrected chi connectivity index (χ4v) is 3.05. The van der Waals surface area contributed by atoms with Gasteiger partial charge < -0.3 is 5.32 Å². The summed E-state index contributed by atoms with van der Waals surface area (Å²) in [6, 6.07) is 11.3. The third-order valence-corrected chi connectivity index (χ3v) is 4.55. The van der Waals surface area contributed by atoms with Crippen LogP contribution in [-0.2, 0) is 11.2 Å². The van der Waals surface area contributed by atoms with Crippen molar-refractivity contribution in [2.75, 3.05) is 5.32 Å². The highest BCUT2D eigenvalue weighted by atomic mass is 16.1. The summed E-state index contributed by atoms with van der Waals surface area (Å²) < 4.78 is 1.78. The third-order valence-electron chi connectivity index (χ3n) is 4.55. The molecule has 6 nitrogen and oxygen atoms in total. The maximum Gasteiger partial charge on any atom is 0.261 e. The number of hydrogen-bond donors (Lipinski definition) is 1. The fourth-order valence-electron chi connectivity index (χ4n) is 3.05. The minimum atomic E-state index is -0.133. The van der Waals surface area contributed by atoms with E-state index in [1.807, 2.05) is 37.3 Å². The molecule has 3 aromatic rings. The van der Waals surface area contributed by atoms with Gasteiger partial charge in [-0.2, -0.15) is 0 Å². The van der Waals surface area contributed by atoms with Crippen LogP contribution < -0.4 is 10.9 Å². The number of anilines is 1. The summed E-state index contributed by atoms with van der Waals surface area (Å²) in [6.45, 7) is 1.95. The number of para-hydroxylation sites is 1. The molecule has 1 aromatic carbocycles. The Balaban J connectivity index is 1.55. The van der Waals surface area contributed by atoms with Crippen molar-refractivity contribution in [3.63, 3.8) is 0 Å². The van der Waals surface area contributed by atoms with Gasteiger partial charge in [0.15, 0.2) is 0 Å². The van der Waals surface area contributed by atoms with Crippen molar-refractivity contribution in [3.8, 4) is 0 Å². The van der Waals surface area contributed by atoms with Gasteiger partial charge in [0.25, 0.3) is 5.56 Å². The summed E-state index contributed by atoms with van der Waals surface area (Å²) >= 11 is 0. The van der Waals surface area contributed by atoms with E-state index in [-0.39, 0.29) is 23.9 Å². The molecule has 0 atom stereocenters. The van der Waals surface area contributed by atoms with Gasteiger partial charge >= 0.3 is 0 Å². The molecule has 4 rings (SSSR count). The van der Waals surface area contributed by atoms with Crippen LogP contribution in [0.25, 0.3) is 10.9 Å². The van der Waals surface area contributed by atoms with E-state index < -0.39 is 0 Å². The summed E-state index contributed by atoms with van der Waals surface area (Å²) in [5, 5.41) is 3.43. The first-order chi connectivity index (χ1) is 12.6. The number of nitrogens with one attached hydrogen (secondary N) is 1. The first-order valence-corrected chi connectivity index (χ1v) is 8.84. The average Bonchev–Trinajstić information content (AvgIpc) is 3.47. The van der Waals surface area contributed by atoms with Crippen molar-refractivity contribution in [3.05, 3.63) is 64.3 Å². The number of fused-ring (bicyclic) bond motifs is 1. The summed E-state index contributed by atoms with van der Waals surface area (Å²) in [7, 11) is 0. The van der Waals surface area contributed by atoms with E-state index in [1.165, 1.54) is 0 Å². The summed E-state index contributed by atoms with van der Waals surface area (Å²) in [5.74, 6) is 1.08. The van der Waals surface area contributed by atoms with E-state index in [1.54, 1.807) is 16.8 Å². The van der Waals surface area contributed by atoms with E-state index in [4.69, 9.17) is 0 Å². The standard InChI is InChI=1S/C20H20N4O2/c1-13-6-9-17(21-12-13)23-19(25)11-10-18-22-16-5-3-2-4-15(16)20(26)24(18)14-7-8-14/h2-6,9,12,14H,7-8,10-11H2,1H3,(H,21,23,25). The lowest BCUT2D eigenvalue weighted by Gasteiger charge is -2.12. The van der Waals surface area contributed by atoms with Crippen molar-refractivity contribution in [2.24, 2.45) is 0 Å². The molecule has 2 aromatic heterocycles. The number of benzene rings is 1. The molecule has 132 valence electrons. The van der Waals surface area contributed by atoms with E-state index in [2.05, 4.69) is 15.3 Å². The van der Waals surface area contributed by atoms with Gasteiger partial charge in [-0.1, -0.05) is 18.2 Å². The third kappa shape index (κ3) is 3.35. The summed E-state index contributed by atoms with van der Waals surface area (Å²) in [4.78, 5) is 33.9. The van der Waals surface area contributed by atoms with Gasteiger partial charge in [0.05, 0.1) is 10.9 Å². The zero-order valence-electron chi connectivity index (χ0n) is 14.6. The maximum absolute atomic E-state index is 12.8. The molecule has 26 heavy (non-hydrogen) atoms. The Kier molecular flexibility index (Phi) is 4.24. The predicted octanol–water partition coefficient (Wildman–Crippen LogP) is 3.01. The number of hydrogen-bond acceptors (Lipinski definition) is 4. The molecule has 0 bridgehead atoms. The van der Waals surface area contributed by atoms with Crippen molar-refractivity contribution in [1.29, 1.82) is 0 Å². The van der Waals surface area contributed by atoms with Crippen LogP contribution in [0.4, 0.5) is 5.82 Å². The van der Waals surface area contributed by atoms with Crippen LogP contribution >= 0.6 is 0 Å². The first-order valence-electron chi connectivity index (χ1n) is 8.84. The molecule has 1 amide bonds. The molecule has 0 radical (unpaired) electrons. The number of amides is 1. The molecule has 1 fully saturated rings. The molecule has 0 spiro atoms. The zero-order valence-corrected chi connectivity index (χ0v) is 14.6. The van der Waals surface area contributed by atoms with Gasteiger partial charge in [-0.15, -0.1) is 0 Å². The molecule has 0 saturated heterocycles. The van der Waals surface area contributed by atoms with Crippen LogP contribution in [0.3, 0.4) is 0 Å². The molecular formula is C20H20N4O2. The molecule has 1 saturated carbocycles. The fraction of sp³-hybridized carbons (Fsp3) is 0.300. The lowest BCUT2D eigenvalue weighted by atomic mass is 10.2. The number of aryl methyl sites for hydroxylation is 2.